The van der Waals surface area contributed by atoms with E-state index >= 15 is 0 Å². The van der Waals surface area contributed by atoms with Gasteiger partial charge in [0.05, 0.1) is 0 Å². The summed E-state index contributed by atoms with van der Waals surface area (Å²) in [6, 6.07) is 8.78. The molecule has 0 aliphatic carbocycles. The molecule has 1 amide bonds. The molecule has 98 valence electrons. The zero-order valence-corrected chi connectivity index (χ0v) is 10.8. The van der Waals surface area contributed by atoms with Crippen LogP contribution >= 0.6 is 0 Å². The first-order valence-electron chi connectivity index (χ1n) is 6.00. The number of rotatable bonds is 2. The Balaban J connectivity index is 0.000000225. The standard InChI is InChI=1S/C10H12O2.C4H7NO/c1-10(2,12)9(11)8-6-4-3-5-7-8;6-4-2-1-3-5-4/h3-7,12H,1-2H3;1-3H2,(H,5,6). The molecular formula is C14H19NO3. The molecule has 0 radical (unpaired) electrons. The zero-order valence-electron chi connectivity index (χ0n) is 10.8. The summed E-state index contributed by atoms with van der Waals surface area (Å²) < 4.78 is 0. The number of carbonyl (C=O) groups is 2. The summed E-state index contributed by atoms with van der Waals surface area (Å²) in [5.74, 6) is -0.0434. The van der Waals surface area contributed by atoms with Crippen molar-refractivity contribution in [1.29, 1.82) is 0 Å². The molecule has 1 aliphatic heterocycles. The van der Waals surface area contributed by atoms with Gasteiger partial charge in [0.15, 0.2) is 5.78 Å². The van der Waals surface area contributed by atoms with Crippen LogP contribution < -0.4 is 5.32 Å². The molecule has 1 fully saturated rings. The first-order valence-corrected chi connectivity index (χ1v) is 6.00. The maximum Gasteiger partial charge on any atom is 0.220 e. The van der Waals surface area contributed by atoms with E-state index in [9.17, 15) is 14.7 Å². The molecule has 4 heteroatoms. The van der Waals surface area contributed by atoms with Crippen molar-refractivity contribution in [2.24, 2.45) is 0 Å². The average molecular weight is 249 g/mol. The van der Waals surface area contributed by atoms with Gasteiger partial charge in [0.2, 0.25) is 5.91 Å². The minimum absolute atomic E-state index is 0.204. The van der Waals surface area contributed by atoms with Crippen molar-refractivity contribution >= 4 is 11.7 Å². The molecule has 0 saturated carbocycles. The van der Waals surface area contributed by atoms with E-state index in [0.717, 1.165) is 19.4 Å². The fraction of sp³-hybridized carbons (Fsp3) is 0.429. The normalized spacial score (nSPS) is 14.5. The van der Waals surface area contributed by atoms with Crippen molar-refractivity contribution in [2.75, 3.05) is 6.54 Å². The molecular weight excluding hydrogens is 230 g/mol. The third kappa shape index (κ3) is 4.67. The molecule has 1 aromatic rings. The summed E-state index contributed by atoms with van der Waals surface area (Å²) >= 11 is 0. The van der Waals surface area contributed by atoms with Crippen molar-refractivity contribution in [2.45, 2.75) is 32.3 Å². The fourth-order valence-electron chi connectivity index (χ4n) is 1.51. The molecule has 2 rings (SSSR count). The number of nitrogens with one attached hydrogen (secondary N) is 1. The van der Waals surface area contributed by atoms with Gasteiger partial charge in [-0.15, -0.1) is 0 Å². The number of amides is 1. The molecule has 1 aromatic carbocycles. The topological polar surface area (TPSA) is 66.4 Å². The highest BCUT2D eigenvalue weighted by atomic mass is 16.3. The van der Waals surface area contributed by atoms with Crippen LogP contribution in [0.15, 0.2) is 30.3 Å². The predicted molar refractivity (Wildman–Crippen MR) is 69.3 cm³/mol. The van der Waals surface area contributed by atoms with E-state index in [0.29, 0.717) is 5.56 Å². The second-order valence-corrected chi connectivity index (χ2v) is 4.71. The highest BCUT2D eigenvalue weighted by Crippen LogP contribution is 2.11. The lowest BCUT2D eigenvalue weighted by molar-refractivity contribution is -0.119. The van der Waals surface area contributed by atoms with Gasteiger partial charge in [0.1, 0.15) is 5.60 Å². The lowest BCUT2D eigenvalue weighted by atomic mass is 9.97. The molecule has 1 aliphatic rings. The van der Waals surface area contributed by atoms with E-state index in [1.54, 1.807) is 24.3 Å². The maximum atomic E-state index is 11.4. The Morgan fingerprint density at radius 2 is 1.89 bits per heavy atom. The van der Waals surface area contributed by atoms with Gasteiger partial charge in [-0.25, -0.2) is 0 Å². The SMILES string of the molecule is CC(C)(O)C(=O)c1ccccc1.O=C1CCCN1. The molecule has 1 heterocycles. The Bertz CT molecular complexity index is 399. The summed E-state index contributed by atoms with van der Waals surface area (Å²) in [6.45, 7) is 3.86. The number of benzene rings is 1. The summed E-state index contributed by atoms with van der Waals surface area (Å²) in [4.78, 5) is 21.5. The highest BCUT2D eigenvalue weighted by Gasteiger charge is 2.24. The van der Waals surface area contributed by atoms with E-state index in [4.69, 9.17) is 0 Å². The number of hydrogen-bond donors (Lipinski definition) is 2. The van der Waals surface area contributed by atoms with Crippen LogP contribution in [0.2, 0.25) is 0 Å². The summed E-state index contributed by atoms with van der Waals surface area (Å²) in [7, 11) is 0. The van der Waals surface area contributed by atoms with Gasteiger partial charge in [0, 0.05) is 18.5 Å². The Labute approximate surface area is 107 Å². The van der Waals surface area contributed by atoms with Crippen molar-refractivity contribution < 1.29 is 14.7 Å². The van der Waals surface area contributed by atoms with E-state index in [2.05, 4.69) is 5.32 Å². The quantitative estimate of drug-likeness (QED) is 0.781. The van der Waals surface area contributed by atoms with Crippen LogP contribution in [0.4, 0.5) is 0 Å². The number of carbonyl (C=O) groups excluding carboxylic acids is 2. The number of Topliss-reactive ketones (excluding diaryl/α,β-unsaturated/α-hetero) is 1. The predicted octanol–water partition coefficient (Wildman–Crippen LogP) is 1.54. The van der Waals surface area contributed by atoms with Gasteiger partial charge < -0.3 is 10.4 Å². The zero-order chi connectivity index (χ0) is 13.6. The van der Waals surface area contributed by atoms with Gasteiger partial charge >= 0.3 is 0 Å². The molecule has 18 heavy (non-hydrogen) atoms. The Morgan fingerprint density at radius 1 is 1.28 bits per heavy atom. The molecule has 0 atom stereocenters. The molecule has 0 aromatic heterocycles. The smallest absolute Gasteiger partial charge is 0.220 e. The van der Waals surface area contributed by atoms with Gasteiger partial charge in [-0.3, -0.25) is 9.59 Å². The Morgan fingerprint density at radius 3 is 2.22 bits per heavy atom. The van der Waals surface area contributed by atoms with Crippen molar-refractivity contribution in [1.82, 2.24) is 5.32 Å². The lowest BCUT2D eigenvalue weighted by Crippen LogP contribution is -2.30. The van der Waals surface area contributed by atoms with Crippen LogP contribution in [0, 0.1) is 0 Å². The van der Waals surface area contributed by atoms with Crippen molar-refractivity contribution in [3.8, 4) is 0 Å². The van der Waals surface area contributed by atoms with Crippen LogP contribution in [0.25, 0.3) is 0 Å². The average Bonchev–Trinajstić information content (AvgIpc) is 2.80. The molecule has 2 N–H and O–H groups in total. The third-order valence-corrected chi connectivity index (χ3v) is 2.49. The maximum absolute atomic E-state index is 11.4. The minimum Gasteiger partial charge on any atom is -0.382 e. The fourth-order valence-corrected chi connectivity index (χ4v) is 1.51. The number of aliphatic hydroxyl groups is 1. The van der Waals surface area contributed by atoms with Crippen LogP contribution in [0.5, 0.6) is 0 Å². The third-order valence-electron chi connectivity index (χ3n) is 2.49. The summed E-state index contributed by atoms with van der Waals surface area (Å²) in [5, 5.41) is 12.1. The molecule has 0 spiro atoms. The van der Waals surface area contributed by atoms with Crippen LogP contribution in [-0.2, 0) is 4.79 Å². The van der Waals surface area contributed by atoms with E-state index in [1.807, 2.05) is 6.07 Å². The lowest BCUT2D eigenvalue weighted by Gasteiger charge is -2.14. The highest BCUT2D eigenvalue weighted by molar-refractivity contribution is 6.01. The van der Waals surface area contributed by atoms with Gasteiger partial charge in [0.25, 0.3) is 0 Å². The number of ketones is 1. The first kappa shape index (κ1) is 14.4. The monoisotopic (exact) mass is 249 g/mol. The molecule has 1 saturated heterocycles. The summed E-state index contributed by atoms with van der Waals surface area (Å²) in [5.41, 5.74) is -0.730. The molecule has 0 bridgehead atoms. The largest absolute Gasteiger partial charge is 0.382 e. The minimum atomic E-state index is -1.28. The Kier molecular flexibility index (Phi) is 5.04. The van der Waals surface area contributed by atoms with Crippen LogP contribution in [-0.4, -0.2) is 28.9 Å². The summed E-state index contributed by atoms with van der Waals surface area (Å²) in [6.07, 6.45) is 1.76. The second-order valence-electron chi connectivity index (χ2n) is 4.71. The first-order chi connectivity index (χ1) is 8.41. The molecule has 0 unspecified atom stereocenters. The van der Waals surface area contributed by atoms with Crippen molar-refractivity contribution in [3.05, 3.63) is 35.9 Å². The number of hydrogen-bond acceptors (Lipinski definition) is 3. The second kappa shape index (κ2) is 6.31. The van der Waals surface area contributed by atoms with Gasteiger partial charge in [-0.1, -0.05) is 30.3 Å². The van der Waals surface area contributed by atoms with E-state index in [-0.39, 0.29) is 11.7 Å². The molecule has 4 nitrogen and oxygen atoms in total. The van der Waals surface area contributed by atoms with E-state index in [1.165, 1.54) is 13.8 Å². The van der Waals surface area contributed by atoms with E-state index < -0.39 is 5.60 Å². The van der Waals surface area contributed by atoms with Crippen LogP contribution in [0.3, 0.4) is 0 Å². The van der Waals surface area contributed by atoms with Gasteiger partial charge in [-0.05, 0) is 20.3 Å². The van der Waals surface area contributed by atoms with Crippen LogP contribution in [0.1, 0.15) is 37.0 Å². The van der Waals surface area contributed by atoms with Gasteiger partial charge in [-0.2, -0.15) is 0 Å². The Hall–Kier alpha value is -1.68. The van der Waals surface area contributed by atoms with Crippen molar-refractivity contribution in [3.63, 3.8) is 0 Å².